The summed E-state index contributed by atoms with van der Waals surface area (Å²) in [6.45, 7) is 0.667. The quantitative estimate of drug-likeness (QED) is 0.364. The summed E-state index contributed by atoms with van der Waals surface area (Å²) in [6, 6.07) is 2.76. The van der Waals surface area contributed by atoms with Crippen molar-refractivity contribution in [2.45, 2.75) is 39.0 Å². The smallest absolute Gasteiger partial charge is 0.339 e. The van der Waals surface area contributed by atoms with Gasteiger partial charge in [-0.05, 0) is 43.2 Å². The van der Waals surface area contributed by atoms with Crippen LogP contribution in [0.5, 0.6) is 5.75 Å². The van der Waals surface area contributed by atoms with Gasteiger partial charge in [-0.1, -0.05) is 6.07 Å². The van der Waals surface area contributed by atoms with E-state index in [2.05, 4.69) is 0 Å². The Balaban J connectivity index is -0.00000225. The molecule has 2 unspecified atom stereocenters. The van der Waals surface area contributed by atoms with Crippen molar-refractivity contribution in [1.82, 2.24) is 0 Å². The fourth-order valence-corrected chi connectivity index (χ4v) is 4.07. The van der Waals surface area contributed by atoms with Gasteiger partial charge in [-0.3, -0.25) is 14.4 Å². The monoisotopic (exact) mass is 446 g/mol. The minimum Gasteiger partial charge on any atom is -0.506 e. The number of carbonyl (C=O) groups excluding carboxylic acids is 3. The molecule has 0 radical (unpaired) electrons. The van der Waals surface area contributed by atoms with E-state index in [9.17, 15) is 34.5 Å². The zero-order valence-corrected chi connectivity index (χ0v) is 17.3. The molecule has 31 heavy (non-hydrogen) atoms. The molecule has 10 heteroatoms. The molecule has 1 aromatic rings. The van der Waals surface area contributed by atoms with Gasteiger partial charge >= 0.3 is 5.97 Å². The van der Waals surface area contributed by atoms with E-state index in [0.29, 0.717) is 18.4 Å². The van der Waals surface area contributed by atoms with E-state index in [4.69, 9.17) is 5.11 Å². The van der Waals surface area contributed by atoms with Crippen molar-refractivity contribution in [2.75, 3.05) is 13.2 Å². The number of carbonyl (C=O) groups is 4. The lowest BCUT2D eigenvalue weighted by molar-refractivity contribution is -0.126. The number of aliphatic hydroxyl groups excluding tert-OH is 2. The summed E-state index contributed by atoms with van der Waals surface area (Å²) in [4.78, 5) is 47.1. The van der Waals surface area contributed by atoms with Crippen LogP contribution in [0.3, 0.4) is 0 Å². The Labute approximate surface area is 182 Å². The number of carboxylic acids is 1. The van der Waals surface area contributed by atoms with Crippen molar-refractivity contribution in [2.24, 2.45) is 17.8 Å². The van der Waals surface area contributed by atoms with Gasteiger partial charge in [0.05, 0.1) is 12.0 Å². The van der Waals surface area contributed by atoms with Crippen LogP contribution in [0.4, 0.5) is 0 Å². The maximum atomic E-state index is 12.6. The molecule has 0 spiro atoms. The van der Waals surface area contributed by atoms with Crippen LogP contribution in [0, 0.1) is 17.8 Å². The molecule has 2 rings (SSSR count). The summed E-state index contributed by atoms with van der Waals surface area (Å²) >= 11 is 0. The van der Waals surface area contributed by atoms with Crippen LogP contribution in [0.2, 0.25) is 0 Å². The Hall–Kier alpha value is -2.66. The van der Waals surface area contributed by atoms with Crippen molar-refractivity contribution in [3.63, 3.8) is 0 Å². The number of ketones is 3. The molecule has 0 heterocycles. The Morgan fingerprint density at radius 3 is 2.23 bits per heavy atom. The zero-order valence-electron chi connectivity index (χ0n) is 17.3. The van der Waals surface area contributed by atoms with E-state index < -0.39 is 23.6 Å². The number of carboxylic acid groups (broad SMARTS) is 1. The minimum absolute atomic E-state index is 0. The van der Waals surface area contributed by atoms with E-state index in [1.807, 2.05) is 0 Å². The van der Waals surface area contributed by atoms with Crippen molar-refractivity contribution in [1.29, 1.82) is 0 Å². The first-order valence-electron chi connectivity index (χ1n) is 9.52. The highest BCUT2D eigenvalue weighted by Crippen LogP contribution is 2.38. The molecule has 0 bridgehead atoms. The normalized spacial score (nSPS) is 16.0. The van der Waals surface area contributed by atoms with Gasteiger partial charge in [-0.15, -0.1) is 0 Å². The third kappa shape index (κ3) is 6.93. The van der Waals surface area contributed by atoms with E-state index in [0.717, 1.165) is 0 Å². The predicted molar refractivity (Wildman–Crippen MR) is 113 cm³/mol. The summed E-state index contributed by atoms with van der Waals surface area (Å²) in [7, 11) is 0. The SMILES string of the molecule is CC(=O)CC(=O)CC(CC1CC(=O)c2c(ccc(C(=O)O)c2O)C1)C(CO)CO.O.O.[HH].[HH]. The van der Waals surface area contributed by atoms with Gasteiger partial charge in [0, 0.05) is 34.8 Å². The third-order valence-electron chi connectivity index (χ3n) is 5.46. The molecule has 2 atom stereocenters. The lowest BCUT2D eigenvalue weighted by Gasteiger charge is -2.31. The summed E-state index contributed by atoms with van der Waals surface area (Å²) in [5.41, 5.74) is 0.224. The van der Waals surface area contributed by atoms with Crippen molar-refractivity contribution < 1.29 is 53.4 Å². The average Bonchev–Trinajstić information content (AvgIpc) is 2.61. The lowest BCUT2D eigenvalue weighted by atomic mass is 9.74. The van der Waals surface area contributed by atoms with E-state index in [1.54, 1.807) is 0 Å². The molecule has 0 fully saturated rings. The van der Waals surface area contributed by atoms with E-state index in [1.165, 1.54) is 19.1 Å². The van der Waals surface area contributed by atoms with E-state index >= 15 is 0 Å². The molecule has 0 aromatic heterocycles. The van der Waals surface area contributed by atoms with Crippen LogP contribution in [0.1, 0.15) is 61.7 Å². The standard InChI is InChI=1S/C21H26O8.2H2O.2H2/c1-11(24)4-16(25)8-14(15(9-22)10-23)6-12-5-13-2-3-17(21(28)29)20(27)19(13)18(26)7-12;;;;/h2-3,12,14-15,22-23,27H,4-10H2,1H3,(H,28,29);2*1H2;2*1H. The summed E-state index contributed by atoms with van der Waals surface area (Å²) in [6.07, 6.45) is 0.645. The first kappa shape index (κ1) is 28.3. The number of fused-ring (bicyclic) bond motifs is 1. The second kappa shape index (κ2) is 12.3. The highest BCUT2D eigenvalue weighted by molar-refractivity contribution is 6.05. The Bertz CT molecular complexity index is 824. The molecule has 1 aliphatic rings. The molecule has 1 aromatic carbocycles. The van der Waals surface area contributed by atoms with Crippen LogP contribution in [-0.4, -0.2) is 67.9 Å². The first-order chi connectivity index (χ1) is 13.7. The first-order valence-corrected chi connectivity index (χ1v) is 9.52. The maximum Gasteiger partial charge on any atom is 0.339 e. The zero-order chi connectivity index (χ0) is 21.7. The van der Waals surface area contributed by atoms with E-state index in [-0.39, 0.29) is 80.7 Å². The molecular weight excluding hydrogens is 412 g/mol. The number of rotatable bonds is 10. The van der Waals surface area contributed by atoms with Crippen LogP contribution >= 0.6 is 0 Å². The second-order valence-electron chi connectivity index (χ2n) is 7.74. The van der Waals surface area contributed by atoms with Crippen LogP contribution in [0.25, 0.3) is 0 Å². The van der Waals surface area contributed by atoms with Gasteiger partial charge < -0.3 is 31.4 Å². The van der Waals surface area contributed by atoms with Crippen LogP contribution < -0.4 is 0 Å². The molecule has 178 valence electrons. The number of aromatic carboxylic acids is 1. The molecule has 0 saturated heterocycles. The molecule has 8 N–H and O–H groups in total. The number of hydrogen-bond acceptors (Lipinski definition) is 7. The van der Waals surface area contributed by atoms with Crippen molar-refractivity contribution in [3.05, 3.63) is 28.8 Å². The number of aliphatic hydroxyl groups is 2. The van der Waals surface area contributed by atoms with Gasteiger partial charge in [0.15, 0.2) is 5.78 Å². The summed E-state index contributed by atoms with van der Waals surface area (Å²) < 4.78 is 0. The topological polar surface area (TPSA) is 212 Å². The van der Waals surface area contributed by atoms with Gasteiger partial charge in [-0.2, -0.15) is 0 Å². The lowest BCUT2D eigenvalue weighted by Crippen LogP contribution is -2.30. The Kier molecular flexibility index (Phi) is 11.2. The fourth-order valence-electron chi connectivity index (χ4n) is 4.07. The van der Waals surface area contributed by atoms with Gasteiger partial charge in [-0.25, -0.2) is 4.79 Å². The van der Waals surface area contributed by atoms with Crippen molar-refractivity contribution >= 4 is 23.3 Å². The number of benzene rings is 1. The highest BCUT2D eigenvalue weighted by atomic mass is 16.4. The third-order valence-corrected chi connectivity index (χ3v) is 5.46. The molecule has 10 nitrogen and oxygen atoms in total. The highest BCUT2D eigenvalue weighted by Gasteiger charge is 2.33. The number of aromatic hydroxyl groups is 1. The predicted octanol–water partition coefficient (Wildman–Crippen LogP) is 0.223. The Morgan fingerprint density at radius 2 is 1.71 bits per heavy atom. The molecule has 0 amide bonds. The number of Topliss-reactive ketones (excluding diaryl/α,β-unsaturated/α-hetero) is 3. The van der Waals surface area contributed by atoms with Crippen LogP contribution in [0.15, 0.2) is 12.1 Å². The number of hydrogen-bond donors (Lipinski definition) is 4. The molecule has 0 aliphatic heterocycles. The molecule has 1 aliphatic carbocycles. The largest absolute Gasteiger partial charge is 0.506 e. The maximum absolute atomic E-state index is 12.6. The van der Waals surface area contributed by atoms with Gasteiger partial charge in [0.25, 0.3) is 0 Å². The van der Waals surface area contributed by atoms with Gasteiger partial charge in [0.2, 0.25) is 0 Å². The minimum atomic E-state index is -1.32. The van der Waals surface area contributed by atoms with Crippen LogP contribution in [-0.2, 0) is 16.0 Å². The summed E-state index contributed by atoms with van der Waals surface area (Å²) in [5.74, 6) is -3.91. The Morgan fingerprint density at radius 1 is 1.10 bits per heavy atom. The second-order valence-corrected chi connectivity index (χ2v) is 7.74. The van der Waals surface area contributed by atoms with Crippen molar-refractivity contribution in [3.8, 4) is 5.75 Å². The number of phenols is 1. The fraction of sp³-hybridized carbons (Fsp3) is 0.524. The average molecular weight is 446 g/mol. The summed E-state index contributed by atoms with van der Waals surface area (Å²) in [5, 5.41) is 38.4. The van der Waals surface area contributed by atoms with Gasteiger partial charge in [0.1, 0.15) is 22.9 Å². The molecular formula is C21H34O10. The molecule has 0 saturated carbocycles.